The van der Waals surface area contributed by atoms with Gasteiger partial charge in [0.15, 0.2) is 0 Å². The van der Waals surface area contributed by atoms with Crippen LogP contribution in [0.1, 0.15) is 0 Å². The minimum absolute atomic E-state index is 0.0138. The highest BCUT2D eigenvalue weighted by Crippen LogP contribution is 2.28. The van der Waals surface area contributed by atoms with Crippen molar-refractivity contribution in [3.63, 3.8) is 0 Å². The Hall–Kier alpha value is -3.77. The van der Waals surface area contributed by atoms with E-state index in [9.17, 15) is 9.90 Å². The molecule has 0 spiro atoms. The molecular weight excluding hydrogens is 390 g/mol. The summed E-state index contributed by atoms with van der Waals surface area (Å²) in [5, 5.41) is 14.3. The number of phenols is 1. The van der Waals surface area contributed by atoms with Gasteiger partial charge in [-0.05, 0) is 59.7 Å². The lowest BCUT2D eigenvalue weighted by Crippen LogP contribution is -2.23. The molecule has 0 saturated heterocycles. The number of aromatic nitrogens is 2. The average molecular weight is 406 g/mol. The maximum Gasteiger partial charge on any atom is 0.316 e. The molecule has 7 heteroatoms. The summed E-state index contributed by atoms with van der Waals surface area (Å²) in [4.78, 5) is 12.8. The highest BCUT2D eigenvalue weighted by atomic mass is 35.5. The summed E-state index contributed by atoms with van der Waals surface area (Å²) in [5.74, 6) is 0.627. The van der Waals surface area contributed by atoms with Crippen LogP contribution in [-0.4, -0.2) is 14.9 Å². The van der Waals surface area contributed by atoms with Gasteiger partial charge in [0.2, 0.25) is 5.75 Å². The summed E-state index contributed by atoms with van der Waals surface area (Å²) in [6.07, 6.45) is 1.37. The maximum absolute atomic E-state index is 12.8. The van der Waals surface area contributed by atoms with E-state index in [0.29, 0.717) is 16.5 Å². The van der Waals surface area contributed by atoms with Gasteiger partial charge in [0.25, 0.3) is 0 Å². The number of nitrogens with zero attached hydrogens (tertiary/aromatic N) is 2. The molecule has 6 nitrogen and oxygen atoms in total. The van der Waals surface area contributed by atoms with E-state index in [1.165, 1.54) is 10.9 Å². The largest absolute Gasteiger partial charge is 0.508 e. The number of hydrogen-bond donors (Lipinski definition) is 2. The van der Waals surface area contributed by atoms with E-state index >= 15 is 0 Å². The molecule has 0 aliphatic carbocycles. The number of nitrogens with two attached hydrogens (primary N) is 1. The molecule has 0 bridgehead atoms. The van der Waals surface area contributed by atoms with E-state index in [1.807, 2.05) is 18.2 Å². The SMILES string of the molecule is Nc1cnn(-c2ccc(Cl)cc2)c(=O)c1Oc1ccc(-c2cccc(O)c2)cc1. The van der Waals surface area contributed by atoms with Crippen LogP contribution >= 0.6 is 11.6 Å². The second kappa shape index (κ2) is 7.69. The summed E-state index contributed by atoms with van der Waals surface area (Å²) >= 11 is 5.90. The molecule has 1 aromatic heterocycles. The summed E-state index contributed by atoms with van der Waals surface area (Å²) in [6.45, 7) is 0. The molecule has 0 saturated carbocycles. The molecule has 3 aromatic carbocycles. The second-order valence-electron chi connectivity index (χ2n) is 6.30. The van der Waals surface area contributed by atoms with E-state index in [2.05, 4.69) is 5.10 Å². The van der Waals surface area contributed by atoms with Crippen LogP contribution in [0.3, 0.4) is 0 Å². The Morgan fingerprint density at radius 2 is 1.69 bits per heavy atom. The zero-order valence-corrected chi connectivity index (χ0v) is 15.9. The van der Waals surface area contributed by atoms with Crippen molar-refractivity contribution in [3.8, 4) is 34.1 Å². The van der Waals surface area contributed by atoms with Gasteiger partial charge in [-0.1, -0.05) is 35.9 Å². The third-order valence-electron chi connectivity index (χ3n) is 4.29. The number of anilines is 1. The Morgan fingerprint density at radius 3 is 2.38 bits per heavy atom. The molecule has 0 atom stereocenters. The zero-order chi connectivity index (χ0) is 20.4. The van der Waals surface area contributed by atoms with Crippen molar-refractivity contribution >= 4 is 17.3 Å². The summed E-state index contributed by atoms with van der Waals surface area (Å²) in [6, 6.07) is 20.8. The molecule has 0 radical (unpaired) electrons. The van der Waals surface area contributed by atoms with Gasteiger partial charge in [0.05, 0.1) is 11.9 Å². The fourth-order valence-electron chi connectivity index (χ4n) is 2.84. The molecule has 0 amide bonds. The minimum atomic E-state index is -0.482. The first-order valence-corrected chi connectivity index (χ1v) is 9.10. The van der Waals surface area contributed by atoms with Crippen molar-refractivity contribution in [1.29, 1.82) is 0 Å². The van der Waals surface area contributed by atoms with E-state index in [-0.39, 0.29) is 17.2 Å². The molecular formula is C22H16ClN3O3. The first-order chi connectivity index (χ1) is 14.0. The van der Waals surface area contributed by atoms with Crippen LogP contribution < -0.4 is 16.0 Å². The Balaban J connectivity index is 1.65. The third-order valence-corrected chi connectivity index (χ3v) is 4.54. The Morgan fingerprint density at radius 1 is 0.966 bits per heavy atom. The zero-order valence-electron chi connectivity index (χ0n) is 15.1. The number of rotatable bonds is 4. The molecule has 1 heterocycles. The van der Waals surface area contributed by atoms with Gasteiger partial charge in [0, 0.05) is 5.02 Å². The number of aromatic hydroxyl groups is 1. The van der Waals surface area contributed by atoms with Gasteiger partial charge < -0.3 is 15.6 Å². The van der Waals surface area contributed by atoms with Gasteiger partial charge in [0.1, 0.15) is 17.2 Å². The smallest absolute Gasteiger partial charge is 0.316 e. The normalized spacial score (nSPS) is 10.7. The summed E-state index contributed by atoms with van der Waals surface area (Å²) < 4.78 is 6.96. The van der Waals surface area contributed by atoms with Crippen molar-refractivity contribution in [2.45, 2.75) is 0 Å². The van der Waals surface area contributed by atoms with E-state index in [1.54, 1.807) is 54.6 Å². The van der Waals surface area contributed by atoms with Gasteiger partial charge in [-0.15, -0.1) is 0 Å². The summed E-state index contributed by atoms with van der Waals surface area (Å²) in [7, 11) is 0. The molecule has 3 N–H and O–H groups in total. The third kappa shape index (κ3) is 3.93. The Kier molecular flexibility index (Phi) is 4.93. The second-order valence-corrected chi connectivity index (χ2v) is 6.74. The Bertz CT molecular complexity index is 1220. The molecule has 29 heavy (non-hydrogen) atoms. The molecule has 0 aliphatic heterocycles. The van der Waals surface area contributed by atoms with Crippen LogP contribution in [0.2, 0.25) is 5.02 Å². The van der Waals surface area contributed by atoms with Gasteiger partial charge in [-0.2, -0.15) is 9.78 Å². The first-order valence-electron chi connectivity index (χ1n) is 8.72. The quantitative estimate of drug-likeness (QED) is 0.516. The first kappa shape index (κ1) is 18.6. The number of nitrogen functional groups attached to an aromatic ring is 1. The van der Waals surface area contributed by atoms with Crippen LogP contribution in [0.4, 0.5) is 5.69 Å². The van der Waals surface area contributed by atoms with Crippen LogP contribution in [0.5, 0.6) is 17.2 Å². The fourth-order valence-corrected chi connectivity index (χ4v) is 2.96. The van der Waals surface area contributed by atoms with Gasteiger partial charge in [-0.25, -0.2) is 0 Å². The maximum atomic E-state index is 12.8. The van der Waals surface area contributed by atoms with Crippen molar-refractivity contribution in [2.75, 3.05) is 5.73 Å². The Labute approximate surface area is 171 Å². The monoisotopic (exact) mass is 405 g/mol. The van der Waals surface area contributed by atoms with Crippen LogP contribution in [0.25, 0.3) is 16.8 Å². The predicted molar refractivity (Wildman–Crippen MR) is 113 cm³/mol. The molecule has 0 fully saturated rings. The van der Waals surface area contributed by atoms with E-state index in [4.69, 9.17) is 22.1 Å². The van der Waals surface area contributed by atoms with E-state index < -0.39 is 5.56 Å². The standard InChI is InChI=1S/C22H16ClN3O3/c23-16-6-8-17(9-7-16)26-22(28)21(20(24)13-25-26)29-19-10-4-14(5-11-19)15-2-1-3-18(27)12-15/h1-13,27H,24H2. The minimum Gasteiger partial charge on any atom is -0.508 e. The lowest BCUT2D eigenvalue weighted by molar-refractivity contribution is 0.470. The van der Waals surface area contributed by atoms with Gasteiger partial charge in [-0.3, -0.25) is 4.79 Å². The van der Waals surface area contributed by atoms with Crippen molar-refractivity contribution in [3.05, 3.63) is 94.4 Å². The van der Waals surface area contributed by atoms with E-state index in [0.717, 1.165) is 11.1 Å². The fraction of sp³-hybridized carbons (Fsp3) is 0. The van der Waals surface area contributed by atoms with Crippen molar-refractivity contribution in [2.24, 2.45) is 0 Å². The highest BCUT2D eigenvalue weighted by molar-refractivity contribution is 6.30. The van der Waals surface area contributed by atoms with Crippen LogP contribution in [-0.2, 0) is 0 Å². The van der Waals surface area contributed by atoms with Crippen molar-refractivity contribution in [1.82, 2.24) is 9.78 Å². The number of benzene rings is 3. The van der Waals surface area contributed by atoms with Gasteiger partial charge >= 0.3 is 5.56 Å². The topological polar surface area (TPSA) is 90.4 Å². The number of halogens is 1. The highest BCUT2D eigenvalue weighted by Gasteiger charge is 2.13. The van der Waals surface area contributed by atoms with Crippen molar-refractivity contribution < 1.29 is 9.84 Å². The molecule has 0 unspecified atom stereocenters. The molecule has 4 rings (SSSR count). The average Bonchev–Trinajstić information content (AvgIpc) is 2.72. The lowest BCUT2D eigenvalue weighted by Gasteiger charge is -2.11. The number of ether oxygens (including phenoxy) is 1. The summed E-state index contributed by atoms with van der Waals surface area (Å²) in [5.41, 5.74) is 7.89. The van der Waals surface area contributed by atoms with Crippen LogP contribution in [0, 0.1) is 0 Å². The molecule has 0 aliphatic rings. The molecule has 4 aromatic rings. The predicted octanol–water partition coefficient (Wildman–Crippen LogP) is 4.63. The lowest BCUT2D eigenvalue weighted by atomic mass is 10.1. The number of phenolic OH excluding ortho intramolecular Hbond substituents is 1. The molecule has 144 valence electrons. The van der Waals surface area contributed by atoms with Crippen LogP contribution in [0.15, 0.2) is 83.8 Å². The number of hydrogen-bond acceptors (Lipinski definition) is 5.